The van der Waals surface area contributed by atoms with Crippen LogP contribution in [0.1, 0.15) is 58.5 Å². The first-order valence-electron chi connectivity index (χ1n) is 12.1. The van der Waals surface area contributed by atoms with Gasteiger partial charge in [0.25, 0.3) is 5.91 Å². The normalized spacial score (nSPS) is 14.0. The summed E-state index contributed by atoms with van der Waals surface area (Å²) in [6.45, 7) is 5.60. The van der Waals surface area contributed by atoms with Gasteiger partial charge in [-0.1, -0.05) is 38.1 Å². The number of pyridine rings is 1. The molecule has 1 saturated carbocycles. The Kier molecular flexibility index (Phi) is 7.14. The first-order valence-corrected chi connectivity index (χ1v) is 12.1. The van der Waals surface area contributed by atoms with E-state index in [1.54, 1.807) is 25.1 Å². The molecule has 0 atom stereocenters. The van der Waals surface area contributed by atoms with Crippen molar-refractivity contribution in [3.05, 3.63) is 89.0 Å². The summed E-state index contributed by atoms with van der Waals surface area (Å²) in [5, 5.41) is 0. The third-order valence-corrected chi connectivity index (χ3v) is 6.75. The van der Waals surface area contributed by atoms with Crippen molar-refractivity contribution in [2.24, 2.45) is 0 Å². The second-order valence-corrected chi connectivity index (χ2v) is 8.85. The SMILES string of the molecule is CC.COC(=O)c1ccc(-c2cn(C(=O)c3c(C)cccc3C3(C(F)(F)F)CC3)c3cccnc23)c(F)c1. The van der Waals surface area contributed by atoms with Gasteiger partial charge in [-0.05, 0) is 55.2 Å². The van der Waals surface area contributed by atoms with Gasteiger partial charge in [0.15, 0.2) is 0 Å². The number of nitrogens with zero attached hydrogens (tertiary/aromatic N) is 2. The average molecular weight is 527 g/mol. The van der Waals surface area contributed by atoms with Crippen molar-refractivity contribution < 1.29 is 31.9 Å². The molecule has 198 valence electrons. The van der Waals surface area contributed by atoms with Crippen molar-refractivity contribution in [1.82, 2.24) is 9.55 Å². The summed E-state index contributed by atoms with van der Waals surface area (Å²) >= 11 is 0. The molecule has 0 radical (unpaired) electrons. The van der Waals surface area contributed by atoms with Crippen molar-refractivity contribution in [2.75, 3.05) is 7.11 Å². The van der Waals surface area contributed by atoms with Gasteiger partial charge in [0, 0.05) is 29.1 Å². The van der Waals surface area contributed by atoms with Crippen LogP contribution >= 0.6 is 0 Å². The highest BCUT2D eigenvalue weighted by molar-refractivity contribution is 6.07. The zero-order valence-electron chi connectivity index (χ0n) is 21.3. The Labute approximate surface area is 217 Å². The minimum Gasteiger partial charge on any atom is -0.465 e. The van der Waals surface area contributed by atoms with Crippen LogP contribution < -0.4 is 0 Å². The quantitative estimate of drug-likeness (QED) is 0.208. The van der Waals surface area contributed by atoms with Crippen molar-refractivity contribution in [3.63, 3.8) is 0 Å². The molecule has 5 rings (SSSR count). The molecule has 0 spiro atoms. The van der Waals surface area contributed by atoms with Crippen molar-refractivity contribution in [2.45, 2.75) is 45.2 Å². The van der Waals surface area contributed by atoms with E-state index in [9.17, 15) is 22.8 Å². The van der Waals surface area contributed by atoms with Crippen molar-refractivity contribution >= 4 is 22.9 Å². The molecule has 0 N–H and O–H groups in total. The third-order valence-electron chi connectivity index (χ3n) is 6.75. The first kappa shape index (κ1) is 27.0. The molecule has 1 aliphatic carbocycles. The predicted molar refractivity (Wildman–Crippen MR) is 136 cm³/mol. The van der Waals surface area contributed by atoms with E-state index >= 15 is 4.39 Å². The fourth-order valence-corrected chi connectivity index (χ4v) is 4.70. The molecule has 0 saturated heterocycles. The molecule has 2 heterocycles. The number of aryl methyl sites for hydroxylation is 1. The van der Waals surface area contributed by atoms with E-state index in [2.05, 4.69) is 9.72 Å². The van der Waals surface area contributed by atoms with Crippen LogP contribution in [0.4, 0.5) is 17.6 Å². The Morgan fingerprint density at radius 3 is 2.34 bits per heavy atom. The minimum atomic E-state index is -4.49. The molecule has 1 fully saturated rings. The van der Waals surface area contributed by atoms with E-state index in [0.29, 0.717) is 16.6 Å². The topological polar surface area (TPSA) is 61.2 Å². The first-order chi connectivity index (χ1) is 18.1. The minimum absolute atomic E-state index is 0.0120. The van der Waals surface area contributed by atoms with Gasteiger partial charge < -0.3 is 4.74 Å². The smallest absolute Gasteiger partial charge is 0.398 e. The number of alkyl halides is 3. The molecule has 2 aromatic carbocycles. The average Bonchev–Trinajstić information content (AvgIpc) is 3.65. The third kappa shape index (κ3) is 4.36. The molecule has 0 aliphatic heterocycles. The number of ether oxygens (including phenoxy) is 1. The molecule has 4 aromatic rings. The number of fused-ring (bicyclic) bond motifs is 1. The Morgan fingerprint density at radius 1 is 1.03 bits per heavy atom. The van der Waals surface area contributed by atoms with Gasteiger partial charge in [-0.3, -0.25) is 14.3 Å². The molecule has 1 aliphatic rings. The van der Waals surface area contributed by atoms with Gasteiger partial charge in [-0.2, -0.15) is 13.2 Å². The standard InChI is InChI=1S/C27H20F4N2O3.C2H6/c1-15-5-3-6-19(26(10-11-26)27(29,30)31)22(15)24(34)33-14-18(23-21(33)7-4-12-32-23)17-9-8-16(13-20(17)28)25(35)36-2;1-2/h3-9,12-14H,10-11H2,1-2H3;1-2H3. The van der Waals surface area contributed by atoms with Crippen molar-refractivity contribution in [3.8, 4) is 11.1 Å². The Hall–Kier alpha value is -4.01. The number of aromatic nitrogens is 2. The maximum atomic E-state index is 15.1. The van der Waals surface area contributed by atoms with Gasteiger partial charge >= 0.3 is 12.1 Å². The molecule has 9 heteroatoms. The summed E-state index contributed by atoms with van der Waals surface area (Å²) in [5.74, 6) is -2.10. The molecular weight excluding hydrogens is 500 g/mol. The lowest BCUT2D eigenvalue weighted by Crippen LogP contribution is -2.31. The number of halogens is 4. The highest BCUT2D eigenvalue weighted by Crippen LogP contribution is 2.60. The van der Waals surface area contributed by atoms with Crippen LogP contribution in [-0.2, 0) is 10.2 Å². The number of carbonyl (C=O) groups is 2. The van der Waals surface area contributed by atoms with E-state index in [1.165, 1.54) is 48.3 Å². The highest BCUT2D eigenvalue weighted by Gasteiger charge is 2.65. The van der Waals surface area contributed by atoms with Gasteiger partial charge in [0.1, 0.15) is 5.82 Å². The van der Waals surface area contributed by atoms with E-state index in [1.807, 2.05) is 13.8 Å². The zero-order valence-corrected chi connectivity index (χ0v) is 21.3. The number of hydrogen-bond donors (Lipinski definition) is 0. The number of rotatable bonds is 4. The maximum Gasteiger partial charge on any atom is 0.398 e. The summed E-state index contributed by atoms with van der Waals surface area (Å²) in [4.78, 5) is 29.9. The van der Waals surface area contributed by atoms with E-state index in [4.69, 9.17) is 0 Å². The largest absolute Gasteiger partial charge is 0.465 e. The fourth-order valence-electron chi connectivity index (χ4n) is 4.70. The molecule has 5 nitrogen and oxygen atoms in total. The van der Waals surface area contributed by atoms with Crippen LogP contribution in [0.2, 0.25) is 0 Å². The van der Waals surface area contributed by atoms with Crippen LogP contribution in [0, 0.1) is 12.7 Å². The molecule has 0 amide bonds. The Balaban J connectivity index is 0.00000164. The molecular formula is C29H26F4N2O3. The molecule has 38 heavy (non-hydrogen) atoms. The molecule has 0 unspecified atom stereocenters. The predicted octanol–water partition coefficient (Wildman–Crippen LogP) is 7.25. The van der Waals surface area contributed by atoms with Gasteiger partial charge in [0.2, 0.25) is 0 Å². The fraction of sp³-hybridized carbons (Fsp3) is 0.276. The number of carbonyl (C=O) groups excluding carboxylic acids is 2. The van der Waals surface area contributed by atoms with Crippen LogP contribution in [-0.4, -0.2) is 34.7 Å². The summed E-state index contributed by atoms with van der Waals surface area (Å²) in [6.07, 6.45) is -1.82. The Bertz CT molecular complexity index is 1530. The second kappa shape index (κ2) is 10.0. The number of benzene rings is 2. The Morgan fingerprint density at radius 2 is 1.74 bits per heavy atom. The van der Waals surface area contributed by atoms with Crippen LogP contribution in [0.3, 0.4) is 0 Å². The lowest BCUT2D eigenvalue weighted by atomic mass is 9.88. The molecule has 0 bridgehead atoms. The molecule has 2 aromatic heterocycles. The number of hydrogen-bond acceptors (Lipinski definition) is 4. The van der Waals surface area contributed by atoms with Crippen LogP contribution in [0.25, 0.3) is 22.2 Å². The van der Waals surface area contributed by atoms with E-state index in [0.717, 1.165) is 6.07 Å². The van der Waals surface area contributed by atoms with Gasteiger partial charge in [-0.25, -0.2) is 9.18 Å². The van der Waals surface area contributed by atoms with Gasteiger partial charge in [-0.15, -0.1) is 0 Å². The number of methoxy groups -OCH3 is 1. The highest BCUT2D eigenvalue weighted by atomic mass is 19.4. The second-order valence-electron chi connectivity index (χ2n) is 8.85. The summed E-state index contributed by atoms with van der Waals surface area (Å²) in [7, 11) is 1.18. The lowest BCUT2D eigenvalue weighted by molar-refractivity contribution is -0.160. The summed E-state index contributed by atoms with van der Waals surface area (Å²) in [5.41, 5.74) is -0.752. The zero-order chi connectivity index (χ0) is 27.8. The van der Waals surface area contributed by atoms with E-state index < -0.39 is 29.3 Å². The van der Waals surface area contributed by atoms with Gasteiger partial charge in [0.05, 0.1) is 29.1 Å². The van der Waals surface area contributed by atoms with E-state index in [-0.39, 0.29) is 40.7 Å². The lowest BCUT2D eigenvalue weighted by Gasteiger charge is -2.23. The van der Waals surface area contributed by atoms with Crippen LogP contribution in [0.5, 0.6) is 0 Å². The summed E-state index contributed by atoms with van der Waals surface area (Å²) in [6, 6.07) is 11.4. The number of esters is 1. The van der Waals surface area contributed by atoms with Crippen molar-refractivity contribution in [1.29, 1.82) is 0 Å². The van der Waals surface area contributed by atoms with Crippen LogP contribution in [0.15, 0.2) is 60.9 Å². The maximum absolute atomic E-state index is 15.1. The monoisotopic (exact) mass is 526 g/mol. The summed E-state index contributed by atoms with van der Waals surface area (Å²) < 4.78 is 62.9.